The van der Waals surface area contributed by atoms with Crippen molar-refractivity contribution in [2.45, 2.75) is 33.2 Å². The van der Waals surface area contributed by atoms with Gasteiger partial charge in [-0.05, 0) is 50.1 Å². The first-order valence-electron chi connectivity index (χ1n) is 8.91. The molecule has 3 N–H and O–H groups in total. The summed E-state index contributed by atoms with van der Waals surface area (Å²) in [6, 6.07) is 11.5. The lowest BCUT2D eigenvalue weighted by molar-refractivity contribution is 0.0940. The summed E-state index contributed by atoms with van der Waals surface area (Å²) in [4.78, 5) is 25.3. The molecule has 28 heavy (non-hydrogen) atoms. The van der Waals surface area contributed by atoms with Gasteiger partial charge in [0.05, 0.1) is 23.2 Å². The Morgan fingerprint density at radius 3 is 2.21 bits per heavy atom. The molecule has 2 rings (SSSR count). The van der Waals surface area contributed by atoms with Crippen molar-refractivity contribution < 1.29 is 18.0 Å². The molecule has 2 amide bonds. The third-order valence-electron chi connectivity index (χ3n) is 4.28. The minimum absolute atomic E-state index is 0.0113. The normalized spacial score (nSPS) is 12.1. The molecule has 0 unspecified atom stereocenters. The molecule has 0 aliphatic carbocycles. The fourth-order valence-corrected chi connectivity index (χ4v) is 3.20. The van der Waals surface area contributed by atoms with E-state index in [1.54, 1.807) is 49.4 Å². The molecule has 0 heterocycles. The van der Waals surface area contributed by atoms with Crippen molar-refractivity contribution in [2.24, 2.45) is 0 Å². The molecule has 7 nitrogen and oxygen atoms in total. The smallest absolute Gasteiger partial charge is 0.256 e. The van der Waals surface area contributed by atoms with Gasteiger partial charge in [-0.15, -0.1) is 0 Å². The second-order valence-corrected chi connectivity index (χ2v) is 8.38. The van der Waals surface area contributed by atoms with Crippen LogP contribution >= 0.6 is 0 Å². The summed E-state index contributed by atoms with van der Waals surface area (Å²) in [5, 5.41) is 5.63. The quantitative estimate of drug-likeness (QED) is 0.660. The first kappa shape index (κ1) is 21.4. The number of rotatable bonds is 7. The van der Waals surface area contributed by atoms with Crippen LogP contribution in [0.3, 0.4) is 0 Å². The van der Waals surface area contributed by atoms with Gasteiger partial charge in [0.25, 0.3) is 11.8 Å². The van der Waals surface area contributed by atoms with Crippen molar-refractivity contribution in [1.82, 2.24) is 5.32 Å². The van der Waals surface area contributed by atoms with Crippen LogP contribution in [0.25, 0.3) is 0 Å². The van der Waals surface area contributed by atoms with Gasteiger partial charge in [0.1, 0.15) is 0 Å². The van der Waals surface area contributed by atoms with Gasteiger partial charge in [-0.25, -0.2) is 8.42 Å². The number of para-hydroxylation sites is 1. The molecule has 0 aliphatic heterocycles. The zero-order valence-electron chi connectivity index (χ0n) is 16.4. The molecule has 0 saturated carbocycles. The zero-order chi connectivity index (χ0) is 20.9. The lowest BCUT2D eigenvalue weighted by Crippen LogP contribution is -2.32. The molecule has 2 aromatic carbocycles. The number of sulfonamides is 1. The van der Waals surface area contributed by atoms with E-state index in [-0.39, 0.29) is 11.9 Å². The van der Waals surface area contributed by atoms with Gasteiger partial charge < -0.3 is 10.6 Å². The van der Waals surface area contributed by atoms with E-state index in [2.05, 4.69) is 15.4 Å². The van der Waals surface area contributed by atoms with E-state index < -0.39 is 15.9 Å². The molecular formula is C20H25N3O4S. The van der Waals surface area contributed by atoms with Crippen LogP contribution in [0.2, 0.25) is 0 Å². The van der Waals surface area contributed by atoms with E-state index in [0.29, 0.717) is 28.1 Å². The third-order valence-corrected chi connectivity index (χ3v) is 4.87. The highest BCUT2D eigenvalue weighted by Crippen LogP contribution is 2.22. The summed E-state index contributed by atoms with van der Waals surface area (Å²) >= 11 is 0. The van der Waals surface area contributed by atoms with Gasteiger partial charge in [-0.3, -0.25) is 14.3 Å². The maximum Gasteiger partial charge on any atom is 0.256 e. The number of hydrogen-bond acceptors (Lipinski definition) is 4. The van der Waals surface area contributed by atoms with Crippen LogP contribution in [0.15, 0.2) is 42.5 Å². The Hall–Kier alpha value is -2.87. The van der Waals surface area contributed by atoms with E-state index in [1.807, 2.05) is 13.8 Å². The number of nitrogens with one attached hydrogen (secondary N) is 3. The van der Waals surface area contributed by atoms with E-state index in [0.717, 1.165) is 12.7 Å². The summed E-state index contributed by atoms with van der Waals surface area (Å²) in [5.74, 6) is -0.701. The fraction of sp³-hybridized carbons (Fsp3) is 0.300. The van der Waals surface area contributed by atoms with Gasteiger partial charge >= 0.3 is 0 Å². The first-order chi connectivity index (χ1) is 13.1. The monoisotopic (exact) mass is 403 g/mol. The Morgan fingerprint density at radius 1 is 0.964 bits per heavy atom. The number of carbonyl (C=O) groups is 2. The molecule has 0 bridgehead atoms. The predicted octanol–water partition coefficient (Wildman–Crippen LogP) is 3.15. The topological polar surface area (TPSA) is 104 Å². The van der Waals surface area contributed by atoms with Crippen molar-refractivity contribution in [1.29, 1.82) is 0 Å². The van der Waals surface area contributed by atoms with Gasteiger partial charge in [0, 0.05) is 11.6 Å². The second-order valence-electron chi connectivity index (χ2n) is 6.63. The molecule has 1 atom stereocenters. The highest BCUT2D eigenvalue weighted by molar-refractivity contribution is 7.92. The zero-order valence-corrected chi connectivity index (χ0v) is 17.2. The Bertz CT molecular complexity index is 987. The van der Waals surface area contributed by atoms with E-state index in [4.69, 9.17) is 0 Å². The molecule has 0 radical (unpaired) electrons. The van der Waals surface area contributed by atoms with Crippen molar-refractivity contribution in [3.8, 4) is 0 Å². The van der Waals surface area contributed by atoms with Crippen molar-refractivity contribution >= 4 is 33.2 Å². The van der Waals surface area contributed by atoms with Crippen LogP contribution in [0.5, 0.6) is 0 Å². The van der Waals surface area contributed by atoms with Gasteiger partial charge in [0.15, 0.2) is 0 Å². The Morgan fingerprint density at radius 2 is 1.57 bits per heavy atom. The van der Waals surface area contributed by atoms with Crippen LogP contribution in [0, 0.1) is 6.92 Å². The standard InChI is InChI=1S/C20H25N3O4S/c1-5-13(2)21-20(25)16-9-6-7-11-18(16)22-19(24)15-10-8-12-17(14(15)3)23-28(4,26)27/h6-13,23H,5H2,1-4H3,(H,21,25)(H,22,24)/t13-/m0/s1. The number of amides is 2. The minimum atomic E-state index is -3.47. The lowest BCUT2D eigenvalue weighted by atomic mass is 10.1. The van der Waals surface area contributed by atoms with Crippen LogP contribution in [0.4, 0.5) is 11.4 Å². The molecular weight excluding hydrogens is 378 g/mol. The number of hydrogen-bond donors (Lipinski definition) is 3. The van der Waals surface area contributed by atoms with Crippen LogP contribution in [0.1, 0.15) is 46.5 Å². The average Bonchev–Trinajstić information content (AvgIpc) is 2.62. The van der Waals surface area contributed by atoms with Crippen LogP contribution in [-0.2, 0) is 10.0 Å². The Labute approximate surface area is 165 Å². The molecule has 8 heteroatoms. The largest absolute Gasteiger partial charge is 0.350 e. The van der Waals surface area contributed by atoms with E-state index >= 15 is 0 Å². The predicted molar refractivity (Wildman–Crippen MR) is 111 cm³/mol. The summed E-state index contributed by atoms with van der Waals surface area (Å²) in [7, 11) is -3.47. The minimum Gasteiger partial charge on any atom is -0.350 e. The molecule has 2 aromatic rings. The highest BCUT2D eigenvalue weighted by Gasteiger charge is 2.18. The lowest BCUT2D eigenvalue weighted by Gasteiger charge is -2.16. The van der Waals surface area contributed by atoms with Gasteiger partial charge in [0.2, 0.25) is 10.0 Å². The van der Waals surface area contributed by atoms with Crippen molar-refractivity contribution in [3.05, 3.63) is 59.2 Å². The van der Waals surface area contributed by atoms with Gasteiger partial charge in [-0.1, -0.05) is 25.1 Å². The molecule has 0 aromatic heterocycles. The molecule has 0 fully saturated rings. The number of anilines is 2. The molecule has 0 spiro atoms. The van der Waals surface area contributed by atoms with Crippen molar-refractivity contribution in [3.63, 3.8) is 0 Å². The number of benzene rings is 2. The highest BCUT2D eigenvalue weighted by atomic mass is 32.2. The Kier molecular flexibility index (Phi) is 6.80. The molecule has 0 aliphatic rings. The summed E-state index contributed by atoms with van der Waals surface area (Å²) in [5.41, 5.74) is 1.88. The maximum atomic E-state index is 12.8. The summed E-state index contributed by atoms with van der Waals surface area (Å²) < 4.78 is 25.4. The molecule has 0 saturated heterocycles. The number of carbonyl (C=O) groups excluding carboxylic acids is 2. The first-order valence-corrected chi connectivity index (χ1v) is 10.8. The Balaban J connectivity index is 2.29. The van der Waals surface area contributed by atoms with Crippen molar-refractivity contribution in [2.75, 3.05) is 16.3 Å². The maximum absolute atomic E-state index is 12.8. The molecule has 150 valence electrons. The summed E-state index contributed by atoms with van der Waals surface area (Å²) in [6.07, 6.45) is 1.84. The van der Waals surface area contributed by atoms with E-state index in [1.165, 1.54) is 0 Å². The van der Waals surface area contributed by atoms with Crippen LogP contribution in [-0.4, -0.2) is 32.5 Å². The van der Waals surface area contributed by atoms with E-state index in [9.17, 15) is 18.0 Å². The van der Waals surface area contributed by atoms with Gasteiger partial charge in [-0.2, -0.15) is 0 Å². The SMILES string of the molecule is CC[C@H](C)NC(=O)c1ccccc1NC(=O)c1cccc(NS(C)(=O)=O)c1C. The summed E-state index contributed by atoms with van der Waals surface area (Å²) in [6.45, 7) is 5.53. The third kappa shape index (κ3) is 5.56. The second kappa shape index (κ2) is 8.88. The average molecular weight is 404 g/mol. The van der Waals surface area contributed by atoms with Crippen LogP contribution < -0.4 is 15.4 Å². The fourth-order valence-electron chi connectivity index (χ4n) is 2.58.